The van der Waals surface area contributed by atoms with Crippen molar-refractivity contribution in [3.63, 3.8) is 0 Å². The number of hydrogen-bond acceptors (Lipinski definition) is 2. The van der Waals surface area contributed by atoms with Crippen LogP contribution < -0.4 is 10.1 Å². The number of nitrogens with zero attached hydrogens (tertiary/aromatic N) is 2. The molecule has 0 aromatic carbocycles. The Bertz CT molecular complexity index is 647. The van der Waals surface area contributed by atoms with E-state index in [4.69, 9.17) is 0 Å². The van der Waals surface area contributed by atoms with E-state index in [2.05, 4.69) is 15.5 Å². The molecule has 6 rings (SSSR count). The van der Waals surface area contributed by atoms with Gasteiger partial charge in [-0.3, -0.25) is 10.2 Å². The van der Waals surface area contributed by atoms with Crippen molar-refractivity contribution in [1.29, 1.82) is 0 Å². The van der Waals surface area contributed by atoms with Crippen molar-refractivity contribution in [3.05, 3.63) is 17.0 Å². The molecule has 1 saturated heterocycles. The Morgan fingerprint density at radius 2 is 1.71 bits per heavy atom. The van der Waals surface area contributed by atoms with Gasteiger partial charge in [-0.05, 0) is 62.7 Å². The normalized spacial score (nSPS) is 34.9. The van der Waals surface area contributed by atoms with Crippen LogP contribution in [0.25, 0.3) is 0 Å². The van der Waals surface area contributed by atoms with Crippen molar-refractivity contribution in [1.82, 2.24) is 15.5 Å². The van der Waals surface area contributed by atoms with Gasteiger partial charge in [-0.1, -0.05) is 6.42 Å². The van der Waals surface area contributed by atoms with Gasteiger partial charge in [0.2, 0.25) is 0 Å². The molecule has 1 aromatic heterocycles. The fourth-order valence-electron chi connectivity index (χ4n) is 6.13. The largest absolute Gasteiger partial charge is 0.333 e. The van der Waals surface area contributed by atoms with Crippen molar-refractivity contribution in [2.75, 3.05) is 13.1 Å². The third kappa shape index (κ3) is 2.32. The number of aromatic amines is 1. The number of amides is 1. The summed E-state index contributed by atoms with van der Waals surface area (Å²) in [5.74, 6) is 3.11. The van der Waals surface area contributed by atoms with Gasteiger partial charge in [0.05, 0.1) is 11.3 Å². The van der Waals surface area contributed by atoms with E-state index in [0.29, 0.717) is 11.8 Å². The lowest BCUT2D eigenvalue weighted by Crippen LogP contribution is -2.49. The van der Waals surface area contributed by atoms with Crippen LogP contribution >= 0.6 is 0 Å². The highest BCUT2D eigenvalue weighted by molar-refractivity contribution is 5.92. The number of H-pyrrole nitrogens is 1. The van der Waals surface area contributed by atoms with Crippen LogP contribution in [0.3, 0.4) is 0 Å². The van der Waals surface area contributed by atoms with E-state index >= 15 is 0 Å². The van der Waals surface area contributed by atoms with E-state index in [-0.39, 0.29) is 5.91 Å². The molecule has 1 amide bonds. The maximum atomic E-state index is 13.1. The van der Waals surface area contributed by atoms with Crippen LogP contribution in [0.5, 0.6) is 0 Å². The van der Waals surface area contributed by atoms with Gasteiger partial charge in [0.15, 0.2) is 7.05 Å². The van der Waals surface area contributed by atoms with E-state index in [9.17, 15) is 4.79 Å². The SMILES string of the molecule is C[n+]1[nH]c2c(c1C(=O)NN1CCCCC1)C1CC3CC(CC2C3)C1. The molecule has 1 aromatic rings. The topological polar surface area (TPSA) is 52.0 Å². The lowest BCUT2D eigenvalue weighted by Gasteiger charge is -2.38. The molecule has 2 atom stereocenters. The van der Waals surface area contributed by atoms with E-state index in [1.54, 1.807) is 0 Å². The molecule has 0 spiro atoms. The molecule has 24 heavy (non-hydrogen) atoms. The van der Waals surface area contributed by atoms with Gasteiger partial charge in [-0.15, -0.1) is 4.68 Å². The summed E-state index contributed by atoms with van der Waals surface area (Å²) in [6, 6.07) is 0. The molecule has 4 bridgehead atoms. The first-order valence-corrected chi connectivity index (χ1v) is 9.86. The average Bonchev–Trinajstić information content (AvgIpc) is 2.84. The fourth-order valence-corrected chi connectivity index (χ4v) is 6.13. The fraction of sp³-hybridized carbons (Fsp3) is 0.789. The van der Waals surface area contributed by atoms with Crippen LogP contribution in [0.4, 0.5) is 0 Å². The Balaban J connectivity index is 1.48. The van der Waals surface area contributed by atoms with Crippen LogP contribution in [-0.2, 0) is 7.05 Å². The van der Waals surface area contributed by atoms with Crippen molar-refractivity contribution in [2.45, 2.75) is 63.2 Å². The lowest BCUT2D eigenvalue weighted by molar-refractivity contribution is -0.729. The number of rotatable bonds is 2. The number of carbonyl (C=O) groups excluding carboxylic acids is 1. The zero-order chi connectivity index (χ0) is 16.3. The van der Waals surface area contributed by atoms with Gasteiger partial charge >= 0.3 is 5.91 Å². The highest BCUT2D eigenvalue weighted by atomic mass is 16.2. The van der Waals surface area contributed by atoms with Crippen LogP contribution in [0.2, 0.25) is 0 Å². The quantitative estimate of drug-likeness (QED) is 0.819. The molecule has 5 heteroatoms. The molecule has 130 valence electrons. The maximum absolute atomic E-state index is 13.1. The summed E-state index contributed by atoms with van der Waals surface area (Å²) in [6.45, 7) is 1.97. The molecule has 2 heterocycles. The second-order valence-corrected chi connectivity index (χ2v) is 8.64. The minimum atomic E-state index is 0.0955. The van der Waals surface area contributed by atoms with Gasteiger partial charge in [-0.2, -0.15) is 5.10 Å². The Morgan fingerprint density at radius 3 is 2.42 bits per heavy atom. The molecule has 4 aliphatic carbocycles. The number of hydrazine groups is 1. The third-order valence-corrected chi connectivity index (χ3v) is 6.95. The predicted octanol–water partition coefficient (Wildman–Crippen LogP) is 2.36. The zero-order valence-electron chi connectivity index (χ0n) is 14.7. The first-order chi connectivity index (χ1) is 11.7. The van der Waals surface area contributed by atoms with Crippen LogP contribution in [0.15, 0.2) is 0 Å². The van der Waals surface area contributed by atoms with Crippen LogP contribution in [0.1, 0.15) is 84.9 Å². The molecule has 2 N–H and O–H groups in total. The van der Waals surface area contributed by atoms with Crippen molar-refractivity contribution in [3.8, 4) is 0 Å². The Kier molecular flexibility index (Phi) is 3.47. The van der Waals surface area contributed by atoms with E-state index in [1.165, 1.54) is 62.6 Å². The summed E-state index contributed by atoms with van der Waals surface area (Å²) in [5, 5.41) is 5.69. The minimum absolute atomic E-state index is 0.0955. The van der Waals surface area contributed by atoms with Gasteiger partial charge in [0.25, 0.3) is 5.69 Å². The number of hydrogen-bond donors (Lipinski definition) is 2. The number of piperidine rings is 1. The van der Waals surface area contributed by atoms with Crippen molar-refractivity contribution < 1.29 is 9.48 Å². The van der Waals surface area contributed by atoms with Crippen molar-refractivity contribution >= 4 is 5.91 Å². The number of carbonyl (C=O) groups is 1. The predicted molar refractivity (Wildman–Crippen MR) is 90.4 cm³/mol. The summed E-state index contributed by atoms with van der Waals surface area (Å²) in [5.41, 5.74) is 6.83. The summed E-state index contributed by atoms with van der Waals surface area (Å²) >= 11 is 0. The second-order valence-electron chi connectivity index (χ2n) is 8.64. The molecule has 5 aliphatic rings. The minimum Gasteiger partial charge on any atom is -0.279 e. The zero-order valence-corrected chi connectivity index (χ0v) is 14.7. The molecule has 2 saturated carbocycles. The Labute approximate surface area is 143 Å². The molecule has 5 nitrogen and oxygen atoms in total. The smallest absolute Gasteiger partial charge is 0.279 e. The van der Waals surface area contributed by atoms with Crippen molar-refractivity contribution in [2.24, 2.45) is 18.9 Å². The first-order valence-electron chi connectivity index (χ1n) is 9.86. The molecule has 2 unspecified atom stereocenters. The highest BCUT2D eigenvalue weighted by Gasteiger charge is 2.48. The summed E-state index contributed by atoms with van der Waals surface area (Å²) in [7, 11) is 2.01. The Hall–Kier alpha value is -1.36. The maximum Gasteiger partial charge on any atom is 0.333 e. The average molecular weight is 329 g/mol. The van der Waals surface area contributed by atoms with Crippen LogP contribution in [-0.4, -0.2) is 29.1 Å². The molecule has 3 fully saturated rings. The van der Waals surface area contributed by atoms with Gasteiger partial charge in [0.1, 0.15) is 0 Å². The molecular formula is C19H29N4O+. The van der Waals surface area contributed by atoms with E-state index in [0.717, 1.165) is 30.6 Å². The molecular weight excluding hydrogens is 300 g/mol. The van der Waals surface area contributed by atoms with Gasteiger partial charge in [0, 0.05) is 19.0 Å². The highest BCUT2D eigenvalue weighted by Crippen LogP contribution is 2.56. The molecule has 1 aliphatic heterocycles. The summed E-state index contributed by atoms with van der Waals surface area (Å²) in [4.78, 5) is 13.1. The summed E-state index contributed by atoms with van der Waals surface area (Å²) in [6.07, 6.45) is 10.3. The van der Waals surface area contributed by atoms with Gasteiger partial charge in [-0.25, -0.2) is 5.01 Å². The number of nitrogens with one attached hydrogen (secondary N) is 2. The second kappa shape index (κ2) is 5.58. The standard InChI is InChI=1S/C19H28N4O/c1-22-18(19(24)21-23-5-3-2-4-6-23)16-14-8-12-7-13(9-14)11-15(10-12)17(16)20-22/h12-15H,2-11H2,1H3,(H,21,24)/p+1. The molecule has 0 radical (unpaired) electrons. The Morgan fingerprint density at radius 1 is 1.04 bits per heavy atom. The number of aromatic nitrogens is 2. The van der Waals surface area contributed by atoms with Gasteiger partial charge < -0.3 is 0 Å². The first kappa shape index (κ1) is 14.9. The third-order valence-electron chi connectivity index (χ3n) is 6.95. The number of aryl methyl sites for hydroxylation is 1. The monoisotopic (exact) mass is 329 g/mol. The lowest BCUT2D eigenvalue weighted by atomic mass is 9.67. The van der Waals surface area contributed by atoms with E-state index < -0.39 is 0 Å². The van der Waals surface area contributed by atoms with Crippen LogP contribution in [0, 0.1) is 11.8 Å². The van der Waals surface area contributed by atoms with E-state index in [1.807, 2.05) is 11.7 Å². The summed E-state index contributed by atoms with van der Waals surface area (Å²) < 4.78 is 1.99.